The smallest absolute Gasteiger partial charge is 0.324 e. The fraction of sp³-hybridized carbons (Fsp3) is 0.400. The molecule has 0 atom stereocenters. The van der Waals surface area contributed by atoms with Crippen molar-refractivity contribution >= 4 is 23.7 Å². The second-order valence-electron chi connectivity index (χ2n) is 5.48. The number of ether oxygens (including phenoxy) is 2. The molecule has 2 fully saturated rings. The molecule has 0 aromatic heterocycles. The van der Waals surface area contributed by atoms with Gasteiger partial charge in [0.25, 0.3) is 0 Å². The Morgan fingerprint density at radius 2 is 2.00 bits per heavy atom. The maximum absolute atomic E-state index is 12.3. The Balaban J connectivity index is 1.59. The van der Waals surface area contributed by atoms with E-state index in [4.69, 9.17) is 9.47 Å². The summed E-state index contributed by atoms with van der Waals surface area (Å²) in [6.45, 7) is 0.636. The number of carbonyl (C=O) groups is 3. The number of nitrogens with zero attached hydrogens (tertiary/aromatic N) is 2. The van der Waals surface area contributed by atoms with Crippen molar-refractivity contribution in [2.75, 3.05) is 39.2 Å². The van der Waals surface area contributed by atoms with E-state index in [1.165, 1.54) is 16.9 Å². The van der Waals surface area contributed by atoms with Crippen LogP contribution in [0.2, 0.25) is 0 Å². The van der Waals surface area contributed by atoms with E-state index in [0.29, 0.717) is 30.3 Å². The van der Waals surface area contributed by atoms with Crippen molar-refractivity contribution in [3.05, 3.63) is 18.2 Å². The molecule has 2 N–H and O–H groups in total. The molecular weight excluding hydrogens is 316 g/mol. The number of methoxy groups -OCH3 is 2. The Morgan fingerprint density at radius 3 is 2.58 bits per heavy atom. The third kappa shape index (κ3) is 2.80. The Morgan fingerprint density at radius 1 is 1.25 bits per heavy atom. The van der Waals surface area contributed by atoms with Crippen LogP contribution in [0, 0.1) is 0 Å². The second kappa shape index (κ2) is 6.26. The molecule has 0 spiro atoms. The Kier molecular flexibility index (Phi) is 4.15. The van der Waals surface area contributed by atoms with E-state index in [9.17, 15) is 14.4 Å². The molecule has 0 saturated carbocycles. The van der Waals surface area contributed by atoms with Crippen LogP contribution < -0.4 is 20.1 Å². The molecular formula is C15H18N4O5. The van der Waals surface area contributed by atoms with Gasteiger partial charge in [0.2, 0.25) is 5.91 Å². The van der Waals surface area contributed by atoms with E-state index < -0.39 is 6.03 Å². The number of hydrogen-bond donors (Lipinski definition) is 2. The van der Waals surface area contributed by atoms with Crippen molar-refractivity contribution in [3.8, 4) is 11.5 Å². The zero-order valence-corrected chi connectivity index (χ0v) is 13.4. The van der Waals surface area contributed by atoms with Gasteiger partial charge < -0.3 is 25.0 Å². The fourth-order valence-electron chi connectivity index (χ4n) is 2.68. The Bertz CT molecular complexity index is 670. The lowest BCUT2D eigenvalue weighted by Gasteiger charge is -2.42. The van der Waals surface area contributed by atoms with Crippen molar-refractivity contribution in [2.45, 2.75) is 6.04 Å². The van der Waals surface area contributed by atoms with E-state index in [2.05, 4.69) is 10.6 Å². The first-order valence-corrected chi connectivity index (χ1v) is 7.41. The summed E-state index contributed by atoms with van der Waals surface area (Å²) in [5, 5.41) is 5.22. The number of urea groups is 2. The zero-order valence-electron chi connectivity index (χ0n) is 13.4. The molecule has 1 aromatic carbocycles. The van der Waals surface area contributed by atoms with Gasteiger partial charge in [-0.15, -0.1) is 0 Å². The average Bonchev–Trinajstić information content (AvgIpc) is 2.86. The number of carbonyl (C=O) groups excluding carboxylic acids is 3. The van der Waals surface area contributed by atoms with Gasteiger partial charge in [0, 0.05) is 19.2 Å². The lowest BCUT2D eigenvalue weighted by molar-refractivity contribution is -0.128. The molecule has 2 heterocycles. The molecule has 0 aliphatic carbocycles. The SMILES string of the molecule is COc1ccc(NC(=O)N2CC(N3C(=O)CNC3=O)C2)c(OC)c1. The predicted octanol–water partition coefficient (Wildman–Crippen LogP) is 0.472. The topological polar surface area (TPSA) is 100 Å². The highest BCUT2D eigenvalue weighted by Crippen LogP contribution is 2.29. The number of benzene rings is 1. The number of anilines is 1. The van der Waals surface area contributed by atoms with E-state index in [1.54, 1.807) is 25.3 Å². The number of hydrogen-bond acceptors (Lipinski definition) is 5. The summed E-state index contributed by atoms with van der Waals surface area (Å²) >= 11 is 0. The maximum atomic E-state index is 12.3. The quantitative estimate of drug-likeness (QED) is 0.780. The van der Waals surface area contributed by atoms with Crippen LogP contribution in [0.15, 0.2) is 18.2 Å². The van der Waals surface area contributed by atoms with Gasteiger partial charge in [0.05, 0.1) is 32.5 Å². The van der Waals surface area contributed by atoms with Crippen LogP contribution in [0.25, 0.3) is 0 Å². The fourth-order valence-corrected chi connectivity index (χ4v) is 2.68. The number of nitrogens with one attached hydrogen (secondary N) is 2. The summed E-state index contributed by atoms with van der Waals surface area (Å²) in [5.74, 6) is 0.836. The van der Waals surface area contributed by atoms with Crippen LogP contribution in [0.3, 0.4) is 0 Å². The highest BCUT2D eigenvalue weighted by Gasteiger charge is 2.43. The molecule has 128 valence electrons. The Hall–Kier alpha value is -2.97. The maximum Gasteiger partial charge on any atom is 0.324 e. The van der Waals surface area contributed by atoms with E-state index >= 15 is 0 Å². The van der Waals surface area contributed by atoms with Crippen LogP contribution in [0.1, 0.15) is 0 Å². The summed E-state index contributed by atoms with van der Waals surface area (Å²) in [6.07, 6.45) is 0. The van der Waals surface area contributed by atoms with E-state index in [0.717, 1.165) is 0 Å². The summed E-state index contributed by atoms with van der Waals surface area (Å²) in [4.78, 5) is 38.2. The number of imide groups is 1. The van der Waals surface area contributed by atoms with Gasteiger partial charge in [-0.05, 0) is 12.1 Å². The molecule has 1 aromatic rings. The summed E-state index contributed by atoms with van der Waals surface area (Å²) in [5.41, 5.74) is 0.516. The van der Waals surface area contributed by atoms with Gasteiger partial charge in [-0.2, -0.15) is 0 Å². The minimum Gasteiger partial charge on any atom is -0.497 e. The molecule has 5 amide bonds. The molecule has 9 heteroatoms. The highest BCUT2D eigenvalue weighted by molar-refractivity contribution is 6.02. The van der Waals surface area contributed by atoms with Crippen molar-refractivity contribution < 1.29 is 23.9 Å². The van der Waals surface area contributed by atoms with E-state index in [1.807, 2.05) is 0 Å². The molecule has 9 nitrogen and oxygen atoms in total. The van der Waals surface area contributed by atoms with Crippen LogP contribution in [-0.2, 0) is 4.79 Å². The van der Waals surface area contributed by atoms with Gasteiger partial charge in [-0.3, -0.25) is 9.69 Å². The van der Waals surface area contributed by atoms with Crippen LogP contribution in [-0.4, -0.2) is 67.7 Å². The monoisotopic (exact) mass is 334 g/mol. The summed E-state index contributed by atoms with van der Waals surface area (Å²) in [7, 11) is 3.05. The first-order valence-electron chi connectivity index (χ1n) is 7.41. The van der Waals surface area contributed by atoms with Gasteiger partial charge in [-0.25, -0.2) is 9.59 Å². The number of rotatable bonds is 4. The largest absolute Gasteiger partial charge is 0.497 e. The summed E-state index contributed by atoms with van der Waals surface area (Å²) < 4.78 is 10.3. The molecule has 0 bridgehead atoms. The third-order valence-corrected chi connectivity index (χ3v) is 4.04. The first-order chi connectivity index (χ1) is 11.5. The molecule has 2 saturated heterocycles. The normalized spacial score (nSPS) is 17.4. The van der Waals surface area contributed by atoms with E-state index in [-0.39, 0.29) is 24.5 Å². The zero-order chi connectivity index (χ0) is 17.3. The van der Waals surface area contributed by atoms with Crippen molar-refractivity contribution in [1.82, 2.24) is 15.1 Å². The third-order valence-electron chi connectivity index (χ3n) is 4.04. The summed E-state index contributed by atoms with van der Waals surface area (Å²) in [6, 6.07) is 4.07. The van der Waals surface area contributed by atoms with Gasteiger partial charge in [-0.1, -0.05) is 0 Å². The molecule has 0 radical (unpaired) electrons. The second-order valence-corrected chi connectivity index (χ2v) is 5.48. The lowest BCUT2D eigenvalue weighted by Crippen LogP contribution is -2.63. The standard InChI is InChI=1S/C15H18N4O5/c1-23-10-3-4-11(12(5-10)24-2)17-15(22)18-7-9(8-18)19-13(20)6-16-14(19)21/h3-5,9H,6-8H2,1-2H3,(H,16,21)(H,17,22). The predicted molar refractivity (Wildman–Crippen MR) is 84.2 cm³/mol. The molecule has 24 heavy (non-hydrogen) atoms. The molecule has 2 aliphatic heterocycles. The lowest BCUT2D eigenvalue weighted by atomic mass is 10.1. The number of likely N-dealkylation sites (tertiary alicyclic amines) is 1. The van der Waals surface area contributed by atoms with Crippen molar-refractivity contribution in [3.63, 3.8) is 0 Å². The highest BCUT2D eigenvalue weighted by atomic mass is 16.5. The molecule has 3 rings (SSSR count). The van der Waals surface area contributed by atoms with Crippen LogP contribution >= 0.6 is 0 Å². The molecule has 2 aliphatic rings. The average molecular weight is 334 g/mol. The van der Waals surface area contributed by atoms with Crippen LogP contribution in [0.4, 0.5) is 15.3 Å². The van der Waals surface area contributed by atoms with Crippen molar-refractivity contribution in [2.24, 2.45) is 0 Å². The minimum absolute atomic E-state index is 0.0184. The van der Waals surface area contributed by atoms with Crippen molar-refractivity contribution in [1.29, 1.82) is 0 Å². The van der Waals surface area contributed by atoms with Crippen LogP contribution in [0.5, 0.6) is 11.5 Å². The Labute approximate surface area is 138 Å². The van der Waals surface area contributed by atoms with Gasteiger partial charge >= 0.3 is 12.1 Å². The number of amides is 5. The minimum atomic E-state index is -0.401. The van der Waals surface area contributed by atoms with Gasteiger partial charge in [0.15, 0.2) is 0 Å². The molecule has 0 unspecified atom stereocenters. The van der Waals surface area contributed by atoms with Gasteiger partial charge in [0.1, 0.15) is 11.5 Å². The first kappa shape index (κ1) is 15.9.